The lowest BCUT2D eigenvalue weighted by Crippen LogP contribution is -2.18. The summed E-state index contributed by atoms with van der Waals surface area (Å²) in [7, 11) is -2.05. The number of rotatable bonds is 5. The first-order valence-electron chi connectivity index (χ1n) is 7.20. The minimum atomic E-state index is -3.43. The van der Waals surface area contributed by atoms with Crippen LogP contribution in [0.2, 0.25) is 0 Å². The van der Waals surface area contributed by atoms with Gasteiger partial charge in [-0.3, -0.25) is 0 Å². The van der Waals surface area contributed by atoms with Gasteiger partial charge in [0.1, 0.15) is 18.2 Å². The van der Waals surface area contributed by atoms with Crippen molar-refractivity contribution >= 4 is 10.0 Å². The minimum absolute atomic E-state index is 0.0893. The molecule has 2 aromatic rings. The van der Waals surface area contributed by atoms with E-state index < -0.39 is 10.0 Å². The van der Waals surface area contributed by atoms with E-state index in [1.165, 1.54) is 19.2 Å². The Balaban J connectivity index is 2.01. The van der Waals surface area contributed by atoms with Crippen molar-refractivity contribution in [3.05, 3.63) is 48.0 Å². The summed E-state index contributed by atoms with van der Waals surface area (Å²) in [6.07, 6.45) is 3.49. The highest BCUT2D eigenvalue weighted by atomic mass is 32.2. The average molecular weight is 335 g/mol. The first-order chi connectivity index (χ1) is 10.7. The SMILES string of the molecule is CNS(=O)(=O)c1ccc(OCc2cnc(C(C)(C)C)nc2)cc1. The van der Waals surface area contributed by atoms with Gasteiger partial charge in [0.25, 0.3) is 0 Å². The summed E-state index contributed by atoms with van der Waals surface area (Å²) in [6.45, 7) is 6.49. The van der Waals surface area contributed by atoms with Gasteiger partial charge in [0.15, 0.2) is 0 Å². The standard InChI is InChI=1S/C16H21N3O3S/c1-16(2,3)15-18-9-12(10-19-15)11-22-13-5-7-14(8-6-13)23(20,21)17-4/h5-10,17H,11H2,1-4H3. The predicted molar refractivity (Wildman–Crippen MR) is 87.8 cm³/mol. The zero-order chi connectivity index (χ0) is 17.1. The maximum absolute atomic E-state index is 11.6. The maximum Gasteiger partial charge on any atom is 0.240 e. The summed E-state index contributed by atoms with van der Waals surface area (Å²) in [6, 6.07) is 6.24. The van der Waals surface area contributed by atoms with Gasteiger partial charge in [-0.2, -0.15) is 0 Å². The van der Waals surface area contributed by atoms with Crippen molar-refractivity contribution in [1.29, 1.82) is 0 Å². The first-order valence-corrected chi connectivity index (χ1v) is 8.68. The molecule has 0 saturated carbocycles. The number of hydrogen-bond acceptors (Lipinski definition) is 5. The van der Waals surface area contributed by atoms with Gasteiger partial charge in [-0.1, -0.05) is 20.8 Å². The molecular weight excluding hydrogens is 314 g/mol. The summed E-state index contributed by atoms with van der Waals surface area (Å²) < 4.78 is 31.2. The Kier molecular flexibility index (Phi) is 5.01. The Labute approximate surface area is 137 Å². The zero-order valence-corrected chi connectivity index (χ0v) is 14.5. The van der Waals surface area contributed by atoms with Crippen LogP contribution >= 0.6 is 0 Å². The lowest BCUT2D eigenvalue weighted by atomic mass is 9.96. The molecule has 124 valence electrons. The lowest BCUT2D eigenvalue weighted by molar-refractivity contribution is 0.304. The predicted octanol–water partition coefficient (Wildman–Crippen LogP) is 2.26. The third-order valence-corrected chi connectivity index (χ3v) is 4.61. The molecule has 1 aromatic carbocycles. The molecule has 0 saturated heterocycles. The molecular formula is C16H21N3O3S. The van der Waals surface area contributed by atoms with Gasteiger partial charge in [-0.15, -0.1) is 0 Å². The molecule has 1 N–H and O–H groups in total. The van der Waals surface area contributed by atoms with Crippen molar-refractivity contribution < 1.29 is 13.2 Å². The van der Waals surface area contributed by atoms with E-state index in [4.69, 9.17) is 4.74 Å². The lowest BCUT2D eigenvalue weighted by Gasteiger charge is -2.16. The fourth-order valence-electron chi connectivity index (χ4n) is 1.82. The van der Waals surface area contributed by atoms with Crippen molar-refractivity contribution in [3.8, 4) is 5.75 Å². The van der Waals surface area contributed by atoms with Crippen LogP contribution in [0, 0.1) is 0 Å². The number of ether oxygens (including phenoxy) is 1. The van der Waals surface area contributed by atoms with E-state index in [0.717, 1.165) is 11.4 Å². The Hall–Kier alpha value is -1.99. The highest BCUT2D eigenvalue weighted by Crippen LogP contribution is 2.19. The van der Waals surface area contributed by atoms with Gasteiger partial charge in [0.2, 0.25) is 10.0 Å². The molecule has 7 heteroatoms. The number of sulfonamides is 1. The van der Waals surface area contributed by atoms with Crippen LogP contribution < -0.4 is 9.46 Å². The fraction of sp³-hybridized carbons (Fsp3) is 0.375. The van der Waals surface area contributed by atoms with Gasteiger partial charge in [-0.05, 0) is 31.3 Å². The van der Waals surface area contributed by atoms with E-state index in [2.05, 4.69) is 35.5 Å². The molecule has 23 heavy (non-hydrogen) atoms. The van der Waals surface area contributed by atoms with Crippen LogP contribution in [0.25, 0.3) is 0 Å². The van der Waals surface area contributed by atoms with E-state index >= 15 is 0 Å². The highest BCUT2D eigenvalue weighted by Gasteiger charge is 2.16. The average Bonchev–Trinajstić information content (AvgIpc) is 2.53. The monoisotopic (exact) mass is 335 g/mol. The van der Waals surface area contributed by atoms with Crippen LogP contribution in [0.1, 0.15) is 32.2 Å². The van der Waals surface area contributed by atoms with Gasteiger partial charge < -0.3 is 4.74 Å². The van der Waals surface area contributed by atoms with Gasteiger partial charge in [-0.25, -0.2) is 23.1 Å². The molecule has 0 aliphatic heterocycles. The number of benzene rings is 1. The third kappa shape index (κ3) is 4.49. The molecule has 2 rings (SSSR count). The van der Waals surface area contributed by atoms with Gasteiger partial charge in [0, 0.05) is 23.4 Å². The molecule has 0 amide bonds. The number of hydrogen-bond donors (Lipinski definition) is 1. The van der Waals surface area contributed by atoms with Crippen LogP contribution in [0.5, 0.6) is 5.75 Å². The van der Waals surface area contributed by atoms with E-state index in [-0.39, 0.29) is 10.3 Å². The normalized spacial score (nSPS) is 12.2. The summed E-state index contributed by atoms with van der Waals surface area (Å²) in [5.74, 6) is 1.36. The Morgan fingerprint density at radius 3 is 2.13 bits per heavy atom. The molecule has 6 nitrogen and oxygen atoms in total. The summed E-state index contributed by atoms with van der Waals surface area (Å²) >= 11 is 0. The van der Waals surface area contributed by atoms with Crippen molar-refractivity contribution in [3.63, 3.8) is 0 Å². The molecule has 0 aliphatic carbocycles. The Morgan fingerprint density at radius 1 is 1.09 bits per heavy atom. The van der Waals surface area contributed by atoms with E-state index in [1.54, 1.807) is 24.5 Å². The molecule has 0 radical (unpaired) electrons. The van der Waals surface area contributed by atoms with Crippen molar-refractivity contribution in [2.24, 2.45) is 0 Å². The van der Waals surface area contributed by atoms with Crippen LogP contribution in [0.15, 0.2) is 41.6 Å². The molecule has 0 unspecified atom stereocenters. The molecule has 0 fully saturated rings. The van der Waals surface area contributed by atoms with Gasteiger partial charge in [0.05, 0.1) is 4.90 Å². The highest BCUT2D eigenvalue weighted by molar-refractivity contribution is 7.89. The molecule has 0 bridgehead atoms. The molecule has 0 spiro atoms. The first kappa shape index (κ1) is 17.4. The van der Waals surface area contributed by atoms with E-state index in [1.807, 2.05) is 0 Å². The topological polar surface area (TPSA) is 81.2 Å². The maximum atomic E-state index is 11.6. The molecule has 1 heterocycles. The summed E-state index contributed by atoms with van der Waals surface area (Å²) in [5.41, 5.74) is 0.763. The summed E-state index contributed by atoms with van der Waals surface area (Å²) in [5, 5.41) is 0. The van der Waals surface area contributed by atoms with E-state index in [9.17, 15) is 8.42 Å². The largest absolute Gasteiger partial charge is 0.489 e. The second-order valence-electron chi connectivity index (χ2n) is 6.13. The number of nitrogens with zero attached hydrogens (tertiary/aromatic N) is 2. The van der Waals surface area contributed by atoms with Crippen LogP contribution in [0.4, 0.5) is 0 Å². The molecule has 0 atom stereocenters. The zero-order valence-electron chi connectivity index (χ0n) is 13.7. The fourth-order valence-corrected chi connectivity index (χ4v) is 2.55. The van der Waals surface area contributed by atoms with Crippen molar-refractivity contribution in [2.75, 3.05) is 7.05 Å². The smallest absolute Gasteiger partial charge is 0.240 e. The quantitative estimate of drug-likeness (QED) is 0.906. The second-order valence-corrected chi connectivity index (χ2v) is 8.02. The number of nitrogens with one attached hydrogen (secondary N) is 1. The Bertz CT molecular complexity index is 749. The second kappa shape index (κ2) is 6.64. The van der Waals surface area contributed by atoms with E-state index in [0.29, 0.717) is 12.4 Å². The Morgan fingerprint density at radius 2 is 1.65 bits per heavy atom. The third-order valence-electron chi connectivity index (χ3n) is 3.18. The molecule has 1 aromatic heterocycles. The summed E-state index contributed by atoms with van der Waals surface area (Å²) in [4.78, 5) is 8.88. The van der Waals surface area contributed by atoms with Crippen LogP contribution in [-0.2, 0) is 22.0 Å². The van der Waals surface area contributed by atoms with Crippen LogP contribution in [0.3, 0.4) is 0 Å². The molecule has 0 aliphatic rings. The van der Waals surface area contributed by atoms with Crippen molar-refractivity contribution in [1.82, 2.24) is 14.7 Å². The van der Waals surface area contributed by atoms with Gasteiger partial charge >= 0.3 is 0 Å². The minimum Gasteiger partial charge on any atom is -0.489 e. The van der Waals surface area contributed by atoms with Crippen LogP contribution in [-0.4, -0.2) is 25.4 Å². The van der Waals surface area contributed by atoms with Crippen molar-refractivity contribution in [2.45, 2.75) is 37.7 Å². The number of aromatic nitrogens is 2.